The Morgan fingerprint density at radius 2 is 2.28 bits per heavy atom. The van der Waals surface area contributed by atoms with Crippen LogP contribution in [0, 0.1) is 6.92 Å². The number of aromatic nitrogens is 2. The number of aryl methyl sites for hydroxylation is 1. The molecule has 0 spiro atoms. The third-order valence-electron chi connectivity index (χ3n) is 2.77. The minimum atomic E-state index is -0.150. The second kappa shape index (κ2) is 5.35. The van der Waals surface area contributed by atoms with Gasteiger partial charge < -0.3 is 5.32 Å². The van der Waals surface area contributed by atoms with Crippen LogP contribution in [0.2, 0.25) is 0 Å². The Labute approximate surface area is 114 Å². The van der Waals surface area contributed by atoms with Gasteiger partial charge in [-0.3, -0.25) is 9.89 Å². The molecule has 5 heteroatoms. The number of hydrogen-bond donors (Lipinski definition) is 2. The highest BCUT2D eigenvalue weighted by Crippen LogP contribution is 2.20. The standard InChI is InChI=1S/C13H14BrN3O/c1-3-9-7-12(17-16-9)15-13(18)10-5-4-6-11(14)8(10)2/h4-7H,3H2,1-2H3,(H2,15,16,17,18). The lowest BCUT2D eigenvalue weighted by molar-refractivity contribution is 0.102. The molecule has 0 saturated heterocycles. The Balaban J connectivity index is 2.19. The van der Waals surface area contributed by atoms with Crippen molar-refractivity contribution in [2.75, 3.05) is 5.32 Å². The average Bonchev–Trinajstić information content (AvgIpc) is 2.80. The highest BCUT2D eigenvalue weighted by Gasteiger charge is 2.12. The molecule has 1 amide bonds. The number of carbonyl (C=O) groups is 1. The quantitative estimate of drug-likeness (QED) is 0.914. The molecule has 1 aromatic carbocycles. The topological polar surface area (TPSA) is 57.8 Å². The number of carbonyl (C=O) groups excluding carboxylic acids is 1. The highest BCUT2D eigenvalue weighted by molar-refractivity contribution is 9.10. The molecule has 0 radical (unpaired) electrons. The lowest BCUT2D eigenvalue weighted by atomic mass is 10.1. The molecule has 0 saturated carbocycles. The van der Waals surface area contributed by atoms with Gasteiger partial charge in [0.1, 0.15) is 0 Å². The van der Waals surface area contributed by atoms with Crippen LogP contribution in [0.4, 0.5) is 5.82 Å². The van der Waals surface area contributed by atoms with Crippen molar-refractivity contribution >= 4 is 27.7 Å². The number of nitrogens with zero attached hydrogens (tertiary/aromatic N) is 1. The SMILES string of the molecule is CCc1cc(NC(=O)c2cccc(Br)c2C)n[nH]1. The van der Waals surface area contributed by atoms with Crippen LogP contribution in [-0.4, -0.2) is 16.1 Å². The minimum Gasteiger partial charge on any atom is -0.305 e. The fourth-order valence-electron chi connectivity index (χ4n) is 1.64. The number of benzene rings is 1. The maximum Gasteiger partial charge on any atom is 0.257 e. The maximum atomic E-state index is 12.1. The Kier molecular flexibility index (Phi) is 3.81. The Bertz CT molecular complexity index is 577. The summed E-state index contributed by atoms with van der Waals surface area (Å²) in [5, 5.41) is 9.68. The van der Waals surface area contributed by atoms with Crippen molar-refractivity contribution in [1.29, 1.82) is 0 Å². The molecule has 0 unspecified atom stereocenters. The number of nitrogens with one attached hydrogen (secondary N) is 2. The van der Waals surface area contributed by atoms with Gasteiger partial charge in [-0.15, -0.1) is 0 Å². The summed E-state index contributed by atoms with van der Waals surface area (Å²) in [6.07, 6.45) is 0.860. The van der Waals surface area contributed by atoms with E-state index in [0.717, 1.165) is 22.2 Å². The van der Waals surface area contributed by atoms with Crippen LogP contribution in [0.25, 0.3) is 0 Å². The predicted molar refractivity (Wildman–Crippen MR) is 74.8 cm³/mol. The third-order valence-corrected chi connectivity index (χ3v) is 3.62. The molecule has 1 heterocycles. The second-order valence-electron chi connectivity index (χ2n) is 4.00. The minimum absolute atomic E-state index is 0.150. The molecule has 0 aliphatic heterocycles. The van der Waals surface area contributed by atoms with E-state index in [1.807, 2.05) is 32.0 Å². The van der Waals surface area contributed by atoms with Crippen molar-refractivity contribution in [1.82, 2.24) is 10.2 Å². The van der Waals surface area contributed by atoms with Gasteiger partial charge in [-0.05, 0) is 31.0 Å². The highest BCUT2D eigenvalue weighted by atomic mass is 79.9. The molecule has 1 aromatic heterocycles. The van der Waals surface area contributed by atoms with Crippen LogP contribution in [0.15, 0.2) is 28.7 Å². The number of hydrogen-bond acceptors (Lipinski definition) is 2. The molecule has 4 nitrogen and oxygen atoms in total. The first-order chi connectivity index (χ1) is 8.61. The van der Waals surface area contributed by atoms with E-state index in [4.69, 9.17) is 0 Å². The van der Waals surface area contributed by atoms with Crippen molar-refractivity contribution in [2.24, 2.45) is 0 Å². The Hall–Kier alpha value is -1.62. The van der Waals surface area contributed by atoms with Crippen molar-refractivity contribution in [3.05, 3.63) is 45.6 Å². The van der Waals surface area contributed by atoms with E-state index in [9.17, 15) is 4.79 Å². The predicted octanol–water partition coefficient (Wildman–Crippen LogP) is 3.30. The van der Waals surface area contributed by atoms with E-state index in [2.05, 4.69) is 31.4 Å². The molecule has 18 heavy (non-hydrogen) atoms. The lowest BCUT2D eigenvalue weighted by Crippen LogP contribution is -2.13. The van der Waals surface area contributed by atoms with Gasteiger partial charge >= 0.3 is 0 Å². The molecule has 0 fully saturated rings. The van der Waals surface area contributed by atoms with Crippen LogP contribution in [0.1, 0.15) is 28.5 Å². The molecule has 2 rings (SSSR count). The van der Waals surface area contributed by atoms with Crippen LogP contribution < -0.4 is 5.32 Å². The van der Waals surface area contributed by atoms with Crippen LogP contribution in [-0.2, 0) is 6.42 Å². The molecule has 2 aromatic rings. The summed E-state index contributed by atoms with van der Waals surface area (Å²) in [4.78, 5) is 12.1. The summed E-state index contributed by atoms with van der Waals surface area (Å²) in [5.74, 6) is 0.402. The zero-order valence-electron chi connectivity index (χ0n) is 10.2. The molecular weight excluding hydrogens is 294 g/mol. The third kappa shape index (κ3) is 2.61. The molecule has 2 N–H and O–H groups in total. The Morgan fingerprint density at radius 1 is 1.50 bits per heavy atom. The molecule has 0 atom stereocenters. The number of halogens is 1. The largest absolute Gasteiger partial charge is 0.305 e. The zero-order chi connectivity index (χ0) is 13.1. The van der Waals surface area contributed by atoms with Crippen molar-refractivity contribution in [3.63, 3.8) is 0 Å². The number of H-pyrrole nitrogens is 1. The molecule has 0 aliphatic carbocycles. The number of amides is 1. The van der Waals surface area contributed by atoms with Gasteiger partial charge in [0.2, 0.25) is 0 Å². The average molecular weight is 308 g/mol. The monoisotopic (exact) mass is 307 g/mol. The van der Waals surface area contributed by atoms with E-state index >= 15 is 0 Å². The maximum absolute atomic E-state index is 12.1. The van der Waals surface area contributed by atoms with Gasteiger partial charge in [-0.1, -0.05) is 28.9 Å². The van der Waals surface area contributed by atoms with Crippen molar-refractivity contribution in [3.8, 4) is 0 Å². The Morgan fingerprint density at radius 3 is 2.94 bits per heavy atom. The molecule has 0 bridgehead atoms. The first kappa shape index (κ1) is 12.8. The van der Waals surface area contributed by atoms with Crippen LogP contribution in [0.5, 0.6) is 0 Å². The number of anilines is 1. The summed E-state index contributed by atoms with van der Waals surface area (Å²) >= 11 is 3.41. The lowest BCUT2D eigenvalue weighted by Gasteiger charge is -2.06. The summed E-state index contributed by atoms with van der Waals surface area (Å²) < 4.78 is 0.923. The number of rotatable bonds is 3. The van der Waals surface area contributed by atoms with Crippen molar-refractivity contribution < 1.29 is 4.79 Å². The second-order valence-corrected chi connectivity index (χ2v) is 4.85. The van der Waals surface area contributed by atoms with E-state index < -0.39 is 0 Å². The van der Waals surface area contributed by atoms with Gasteiger partial charge in [-0.25, -0.2) is 0 Å². The van der Waals surface area contributed by atoms with E-state index in [0.29, 0.717) is 11.4 Å². The zero-order valence-corrected chi connectivity index (χ0v) is 11.8. The fourth-order valence-corrected chi connectivity index (χ4v) is 2.01. The van der Waals surface area contributed by atoms with Gasteiger partial charge in [0.05, 0.1) is 0 Å². The van der Waals surface area contributed by atoms with E-state index in [1.54, 1.807) is 6.07 Å². The van der Waals surface area contributed by atoms with Crippen molar-refractivity contribution in [2.45, 2.75) is 20.3 Å². The van der Waals surface area contributed by atoms with Gasteiger partial charge in [0.15, 0.2) is 5.82 Å². The van der Waals surface area contributed by atoms with Crippen LogP contribution in [0.3, 0.4) is 0 Å². The van der Waals surface area contributed by atoms with E-state index in [-0.39, 0.29) is 5.91 Å². The fraction of sp³-hybridized carbons (Fsp3) is 0.231. The summed E-state index contributed by atoms with van der Waals surface area (Å²) in [6, 6.07) is 7.39. The van der Waals surface area contributed by atoms with Crippen LogP contribution >= 0.6 is 15.9 Å². The normalized spacial score (nSPS) is 10.4. The van der Waals surface area contributed by atoms with Gasteiger partial charge in [0, 0.05) is 21.8 Å². The summed E-state index contributed by atoms with van der Waals surface area (Å²) in [6.45, 7) is 3.93. The molecule has 0 aliphatic rings. The first-order valence-corrected chi connectivity index (χ1v) is 6.52. The molecule has 94 valence electrons. The number of aromatic amines is 1. The summed E-state index contributed by atoms with van der Waals surface area (Å²) in [5.41, 5.74) is 2.56. The van der Waals surface area contributed by atoms with Gasteiger partial charge in [0.25, 0.3) is 5.91 Å². The van der Waals surface area contributed by atoms with Gasteiger partial charge in [-0.2, -0.15) is 5.10 Å². The van der Waals surface area contributed by atoms with E-state index in [1.165, 1.54) is 0 Å². The smallest absolute Gasteiger partial charge is 0.257 e. The molecular formula is C13H14BrN3O. The first-order valence-electron chi connectivity index (χ1n) is 5.72. The summed E-state index contributed by atoms with van der Waals surface area (Å²) in [7, 11) is 0.